The van der Waals surface area contributed by atoms with Gasteiger partial charge in [0.2, 0.25) is 0 Å². The van der Waals surface area contributed by atoms with Gasteiger partial charge < -0.3 is 25.5 Å². The number of halogens is 2. The number of nitrogens with zero attached hydrogens (tertiary/aromatic N) is 1. The molecule has 0 fully saturated rings. The van der Waals surface area contributed by atoms with Crippen LogP contribution in [0.5, 0.6) is 0 Å². The number of anilines is 3. The number of fused-ring (bicyclic) bond motifs is 2. The molecule has 0 radical (unpaired) electrons. The predicted octanol–water partition coefficient (Wildman–Crippen LogP) is 6.44. The summed E-state index contributed by atoms with van der Waals surface area (Å²) in [6.45, 7) is 1.36. The zero-order valence-corrected chi connectivity index (χ0v) is 21.4. The van der Waals surface area contributed by atoms with E-state index in [1.807, 2.05) is 60.8 Å². The molecule has 0 saturated carbocycles. The molecule has 7 nitrogen and oxygen atoms in total. The Morgan fingerprint density at radius 2 is 1.38 bits per heavy atom. The number of aromatic nitrogens is 2. The number of amides is 2. The van der Waals surface area contributed by atoms with E-state index in [-0.39, 0.29) is 11.8 Å². The maximum Gasteiger partial charge on any atom is 0.272 e. The summed E-state index contributed by atoms with van der Waals surface area (Å²) >= 11 is 11.8. The fourth-order valence-electron chi connectivity index (χ4n) is 4.25. The van der Waals surface area contributed by atoms with Gasteiger partial charge in [0.05, 0.1) is 0 Å². The summed E-state index contributed by atoms with van der Waals surface area (Å²) in [5, 5.41) is 7.79. The van der Waals surface area contributed by atoms with Crippen molar-refractivity contribution in [1.29, 1.82) is 0 Å². The number of carbonyl (C=O) groups excluding carboxylic acids is 2. The topological polar surface area (TPSA) is 93.0 Å². The third kappa shape index (κ3) is 5.58. The highest BCUT2D eigenvalue weighted by Crippen LogP contribution is 2.23. The summed E-state index contributed by atoms with van der Waals surface area (Å²) in [7, 11) is 0. The third-order valence-corrected chi connectivity index (χ3v) is 6.48. The van der Waals surface area contributed by atoms with E-state index in [4.69, 9.17) is 23.2 Å². The van der Waals surface area contributed by atoms with Gasteiger partial charge in [-0.05, 0) is 66.0 Å². The molecule has 0 aliphatic carbocycles. The molecule has 3 aromatic carbocycles. The second-order valence-corrected chi connectivity index (χ2v) is 9.34. The number of hydrogen-bond acceptors (Lipinski definition) is 3. The van der Waals surface area contributed by atoms with Crippen LogP contribution in [0.4, 0.5) is 17.1 Å². The minimum atomic E-state index is -0.245. The lowest BCUT2D eigenvalue weighted by Crippen LogP contribution is -2.27. The summed E-state index contributed by atoms with van der Waals surface area (Å²) in [5.74, 6) is 0.515. The molecule has 0 atom stereocenters. The number of rotatable bonds is 9. The lowest BCUT2D eigenvalue weighted by atomic mass is 10.1. The van der Waals surface area contributed by atoms with Crippen LogP contribution in [0.3, 0.4) is 0 Å². The molecule has 4 N–H and O–H groups in total. The highest BCUT2D eigenvalue weighted by atomic mass is 35.5. The van der Waals surface area contributed by atoms with Crippen molar-refractivity contribution in [2.75, 3.05) is 40.4 Å². The summed E-state index contributed by atoms with van der Waals surface area (Å²) in [6.07, 6.45) is 1.86. The van der Waals surface area contributed by atoms with Crippen molar-refractivity contribution in [2.45, 2.75) is 0 Å². The number of hydrogen-bond donors (Lipinski definition) is 4. The Kier molecular flexibility index (Phi) is 7.35. The molecule has 2 amide bonds. The first-order valence-electron chi connectivity index (χ1n) is 11.8. The maximum atomic E-state index is 12.8. The Balaban J connectivity index is 1.27. The highest BCUT2D eigenvalue weighted by Gasteiger charge is 2.13. The molecule has 2 heterocycles. The number of carbonyl (C=O) groups is 2. The molecule has 0 spiro atoms. The third-order valence-electron chi connectivity index (χ3n) is 6.14. The molecular weight excluding hydrogens is 509 g/mol. The minimum Gasteiger partial charge on any atom is -0.369 e. The molecule has 37 heavy (non-hydrogen) atoms. The molecule has 0 bridgehead atoms. The van der Waals surface area contributed by atoms with Crippen LogP contribution in [0, 0.1) is 0 Å². The van der Waals surface area contributed by atoms with Gasteiger partial charge >= 0.3 is 0 Å². The zero-order chi connectivity index (χ0) is 25.8. The fourth-order valence-corrected chi connectivity index (χ4v) is 4.66. The first-order chi connectivity index (χ1) is 18.0. The maximum absolute atomic E-state index is 12.8. The number of nitrogens with one attached hydrogen (secondary N) is 4. The van der Waals surface area contributed by atoms with Gasteiger partial charge in [-0.1, -0.05) is 12.1 Å². The van der Waals surface area contributed by atoms with Gasteiger partial charge in [-0.15, -0.1) is 23.2 Å². The molecule has 188 valence electrons. The van der Waals surface area contributed by atoms with E-state index in [0.29, 0.717) is 47.5 Å². The van der Waals surface area contributed by atoms with Gasteiger partial charge in [0.1, 0.15) is 5.69 Å². The SMILES string of the molecule is O=C(Nc1ccc2cc(C(=O)Nc3ccc4cc[nH]c4c3)[nH]c2c1)c1ccc(N(CCCl)CCCl)cc1. The number of benzene rings is 3. The quantitative estimate of drug-likeness (QED) is 0.164. The van der Waals surface area contributed by atoms with Crippen molar-refractivity contribution in [2.24, 2.45) is 0 Å². The van der Waals surface area contributed by atoms with Crippen molar-refractivity contribution in [1.82, 2.24) is 9.97 Å². The molecular formula is C28H25Cl2N5O2. The Morgan fingerprint density at radius 3 is 2.08 bits per heavy atom. The van der Waals surface area contributed by atoms with Crippen LogP contribution in [0.2, 0.25) is 0 Å². The molecule has 2 aromatic heterocycles. The van der Waals surface area contributed by atoms with Crippen molar-refractivity contribution < 1.29 is 9.59 Å². The molecule has 5 aromatic rings. The lowest BCUT2D eigenvalue weighted by Gasteiger charge is -2.22. The predicted molar refractivity (Wildman–Crippen MR) is 153 cm³/mol. The first-order valence-corrected chi connectivity index (χ1v) is 12.9. The van der Waals surface area contributed by atoms with Crippen LogP contribution in [-0.4, -0.2) is 46.6 Å². The standard InChI is InChI=1S/C28H25Cl2N5O2/c29-10-13-35(14-11-30)23-7-3-19(4-8-23)27(36)32-22-6-2-20-15-26(34-25(20)17-22)28(37)33-21-5-1-18-9-12-31-24(18)16-21/h1-9,12,15-17,31,34H,10-11,13-14H2,(H,32,36)(H,33,37). The van der Waals surface area contributed by atoms with Crippen molar-refractivity contribution in [3.63, 3.8) is 0 Å². The van der Waals surface area contributed by atoms with Gasteiger partial charge in [0.15, 0.2) is 0 Å². The fraction of sp³-hybridized carbons (Fsp3) is 0.143. The molecule has 0 saturated heterocycles. The second-order valence-electron chi connectivity index (χ2n) is 8.58. The van der Waals surface area contributed by atoms with Crippen LogP contribution in [0.25, 0.3) is 21.8 Å². The monoisotopic (exact) mass is 533 g/mol. The van der Waals surface area contributed by atoms with Crippen molar-refractivity contribution in [3.05, 3.63) is 90.3 Å². The average molecular weight is 534 g/mol. The Hall–Kier alpha value is -3.94. The Morgan fingerprint density at radius 1 is 0.730 bits per heavy atom. The van der Waals surface area contributed by atoms with E-state index < -0.39 is 0 Å². The van der Waals surface area contributed by atoms with E-state index in [2.05, 4.69) is 25.5 Å². The van der Waals surface area contributed by atoms with E-state index >= 15 is 0 Å². The van der Waals surface area contributed by atoms with E-state index in [0.717, 1.165) is 27.5 Å². The minimum absolute atomic E-state index is 0.226. The van der Waals surface area contributed by atoms with Crippen LogP contribution in [0.15, 0.2) is 79.0 Å². The van der Waals surface area contributed by atoms with E-state index in [1.54, 1.807) is 18.2 Å². The highest BCUT2D eigenvalue weighted by molar-refractivity contribution is 6.18. The van der Waals surface area contributed by atoms with Gasteiger partial charge in [0, 0.05) is 70.1 Å². The van der Waals surface area contributed by atoms with Crippen LogP contribution in [-0.2, 0) is 0 Å². The zero-order valence-electron chi connectivity index (χ0n) is 19.9. The Bertz CT molecular complexity index is 1550. The lowest BCUT2D eigenvalue weighted by molar-refractivity contribution is 0.101. The number of aromatic amines is 2. The van der Waals surface area contributed by atoms with Gasteiger partial charge in [-0.2, -0.15) is 0 Å². The van der Waals surface area contributed by atoms with Crippen LogP contribution < -0.4 is 15.5 Å². The molecule has 0 unspecified atom stereocenters. The number of H-pyrrole nitrogens is 2. The molecule has 0 aliphatic heterocycles. The van der Waals surface area contributed by atoms with E-state index in [1.165, 1.54) is 0 Å². The van der Waals surface area contributed by atoms with Crippen molar-refractivity contribution in [3.8, 4) is 0 Å². The largest absolute Gasteiger partial charge is 0.369 e. The van der Waals surface area contributed by atoms with Gasteiger partial charge in [-0.3, -0.25) is 9.59 Å². The normalized spacial score (nSPS) is 11.1. The molecule has 9 heteroatoms. The van der Waals surface area contributed by atoms with Crippen LogP contribution in [0.1, 0.15) is 20.8 Å². The summed E-state index contributed by atoms with van der Waals surface area (Å²) in [5.41, 5.74) is 4.95. The summed E-state index contributed by atoms with van der Waals surface area (Å²) < 4.78 is 0. The van der Waals surface area contributed by atoms with Gasteiger partial charge in [0.25, 0.3) is 11.8 Å². The van der Waals surface area contributed by atoms with Gasteiger partial charge in [-0.25, -0.2) is 0 Å². The van der Waals surface area contributed by atoms with E-state index in [9.17, 15) is 9.59 Å². The summed E-state index contributed by atoms with van der Waals surface area (Å²) in [6, 6.07) is 22.3. The Labute approximate surface area is 223 Å². The molecule has 5 rings (SSSR count). The van der Waals surface area contributed by atoms with Crippen LogP contribution >= 0.6 is 23.2 Å². The average Bonchev–Trinajstić information content (AvgIpc) is 3.55. The molecule has 0 aliphatic rings. The van der Waals surface area contributed by atoms with Crippen molar-refractivity contribution >= 4 is 73.9 Å². The number of alkyl halides is 2. The first kappa shape index (κ1) is 24.7. The second kappa shape index (κ2) is 11.0. The smallest absolute Gasteiger partial charge is 0.272 e. The summed E-state index contributed by atoms with van der Waals surface area (Å²) in [4.78, 5) is 34.0.